The zero-order valence-electron chi connectivity index (χ0n) is 9.05. The predicted octanol–water partition coefficient (Wildman–Crippen LogP) is 0.250. The van der Waals surface area contributed by atoms with E-state index in [1.165, 1.54) is 7.05 Å². The summed E-state index contributed by atoms with van der Waals surface area (Å²) >= 11 is 5.49. The van der Waals surface area contributed by atoms with E-state index >= 15 is 0 Å². The van der Waals surface area contributed by atoms with E-state index in [4.69, 9.17) is 11.6 Å². The van der Waals surface area contributed by atoms with Crippen LogP contribution in [0.4, 0.5) is 5.69 Å². The van der Waals surface area contributed by atoms with Gasteiger partial charge in [-0.3, -0.25) is 24.0 Å². The van der Waals surface area contributed by atoms with Crippen LogP contribution in [0.5, 0.6) is 0 Å². The van der Waals surface area contributed by atoms with Crippen LogP contribution >= 0.6 is 11.6 Å². The average Bonchev–Trinajstić information content (AvgIpc) is 2.28. The van der Waals surface area contributed by atoms with Crippen LogP contribution in [0.2, 0.25) is 0 Å². The average molecular weight is 260 g/mol. The summed E-state index contributed by atoms with van der Waals surface area (Å²) in [5.74, 6) is 0.0677. The summed E-state index contributed by atoms with van der Waals surface area (Å²) in [5.41, 5.74) is -1.84. The molecule has 0 N–H and O–H groups in total. The number of alkyl halides is 1. The lowest BCUT2D eigenvalue weighted by molar-refractivity contribution is -0.387. The van der Waals surface area contributed by atoms with Gasteiger partial charge in [-0.05, 0) is 5.57 Å². The number of allylic oxidation sites excluding steroid dienone is 1. The van der Waals surface area contributed by atoms with Crippen LogP contribution in [-0.2, 0) is 13.6 Å². The van der Waals surface area contributed by atoms with Crippen LogP contribution in [0.3, 0.4) is 0 Å². The molecule has 1 rings (SSSR count). The Hall–Kier alpha value is -1.89. The van der Waals surface area contributed by atoms with Gasteiger partial charge in [-0.2, -0.15) is 0 Å². The highest BCUT2D eigenvalue weighted by molar-refractivity contribution is 6.19. The summed E-state index contributed by atoms with van der Waals surface area (Å²) in [6.07, 6.45) is 0.893. The molecule has 0 aromatic carbocycles. The molecule has 0 amide bonds. The highest BCUT2D eigenvalue weighted by Crippen LogP contribution is 2.01. The van der Waals surface area contributed by atoms with Crippen molar-refractivity contribution in [1.82, 2.24) is 9.13 Å². The maximum Gasteiger partial charge on any atom is 0.350 e. The maximum atomic E-state index is 11.7. The van der Waals surface area contributed by atoms with Gasteiger partial charge >= 0.3 is 16.9 Å². The molecule has 1 heterocycles. The maximum absolute atomic E-state index is 11.7. The third-order valence-electron chi connectivity index (χ3n) is 2.08. The normalized spacial score (nSPS) is 10.2. The first-order chi connectivity index (χ1) is 7.88. The number of aromatic nitrogens is 2. The van der Waals surface area contributed by atoms with Crippen molar-refractivity contribution < 1.29 is 4.92 Å². The summed E-state index contributed by atoms with van der Waals surface area (Å²) < 4.78 is 1.71. The minimum Gasteiger partial charge on any atom is -0.297 e. The molecule has 0 bridgehead atoms. The molecule has 0 aliphatic carbocycles. The topological polar surface area (TPSA) is 87.1 Å². The lowest BCUT2D eigenvalue weighted by atomic mass is 10.3. The molecule has 0 radical (unpaired) electrons. The molecule has 0 fully saturated rings. The number of hydrogen-bond donors (Lipinski definition) is 0. The van der Waals surface area contributed by atoms with Crippen LogP contribution in [0.25, 0.3) is 0 Å². The molecule has 8 heteroatoms. The smallest absolute Gasteiger partial charge is 0.297 e. The van der Waals surface area contributed by atoms with Crippen molar-refractivity contribution in [1.29, 1.82) is 0 Å². The second-order valence-electron chi connectivity index (χ2n) is 3.44. The van der Waals surface area contributed by atoms with E-state index in [9.17, 15) is 19.7 Å². The van der Waals surface area contributed by atoms with Crippen LogP contribution < -0.4 is 11.2 Å². The first-order valence-electron chi connectivity index (χ1n) is 4.56. The predicted molar refractivity (Wildman–Crippen MR) is 62.5 cm³/mol. The van der Waals surface area contributed by atoms with E-state index < -0.39 is 21.9 Å². The van der Waals surface area contributed by atoms with Crippen LogP contribution in [0.15, 0.2) is 27.9 Å². The Morgan fingerprint density at radius 2 is 2.18 bits per heavy atom. The monoisotopic (exact) mass is 259 g/mol. The SMILES string of the molecule is C=C(CCl)Cn1c(=O)c([N+](=O)[O-])cn(C)c1=O. The summed E-state index contributed by atoms with van der Waals surface area (Å²) in [7, 11) is 1.33. The lowest BCUT2D eigenvalue weighted by Crippen LogP contribution is -2.39. The van der Waals surface area contributed by atoms with Gasteiger partial charge in [0.2, 0.25) is 0 Å². The molecule has 0 saturated heterocycles. The Bertz CT molecular complexity index is 587. The number of rotatable bonds is 4. The van der Waals surface area contributed by atoms with Crippen molar-refractivity contribution in [2.45, 2.75) is 6.54 Å². The Labute approximate surface area is 101 Å². The summed E-state index contributed by atoms with van der Waals surface area (Å²) in [5, 5.41) is 10.6. The number of nitrogens with zero attached hydrogens (tertiary/aromatic N) is 3. The van der Waals surface area contributed by atoms with Crippen molar-refractivity contribution >= 4 is 17.3 Å². The van der Waals surface area contributed by atoms with E-state index in [1.54, 1.807) is 0 Å². The minimum atomic E-state index is -0.954. The van der Waals surface area contributed by atoms with Crippen molar-refractivity contribution in [2.75, 3.05) is 5.88 Å². The van der Waals surface area contributed by atoms with E-state index in [1.807, 2.05) is 0 Å². The van der Waals surface area contributed by atoms with Crippen LogP contribution in [-0.4, -0.2) is 19.9 Å². The van der Waals surface area contributed by atoms with Gasteiger partial charge in [0.15, 0.2) is 0 Å². The first kappa shape index (κ1) is 13.2. The molecule has 0 saturated carbocycles. The fourth-order valence-corrected chi connectivity index (χ4v) is 1.32. The fourth-order valence-electron chi connectivity index (χ4n) is 1.24. The lowest BCUT2D eigenvalue weighted by Gasteiger charge is -2.07. The molecule has 0 aliphatic heterocycles. The van der Waals surface area contributed by atoms with Gasteiger partial charge in [-0.1, -0.05) is 6.58 Å². The fraction of sp³-hybridized carbons (Fsp3) is 0.333. The second kappa shape index (κ2) is 4.96. The van der Waals surface area contributed by atoms with Crippen LogP contribution in [0, 0.1) is 10.1 Å². The second-order valence-corrected chi connectivity index (χ2v) is 3.71. The largest absolute Gasteiger partial charge is 0.350 e. The highest BCUT2D eigenvalue weighted by Gasteiger charge is 2.18. The number of aryl methyl sites for hydroxylation is 1. The van der Waals surface area contributed by atoms with Gasteiger partial charge in [-0.15, -0.1) is 11.6 Å². The number of hydrogen-bond acceptors (Lipinski definition) is 4. The Morgan fingerprint density at radius 3 is 2.65 bits per heavy atom. The summed E-state index contributed by atoms with van der Waals surface area (Å²) in [6.45, 7) is 3.42. The quantitative estimate of drug-likeness (QED) is 0.336. The molecule has 0 aliphatic rings. The van der Waals surface area contributed by atoms with Gasteiger partial charge in [-0.25, -0.2) is 4.79 Å². The molecule has 1 aromatic rings. The third kappa shape index (κ3) is 2.62. The summed E-state index contributed by atoms with van der Waals surface area (Å²) in [4.78, 5) is 33.1. The van der Waals surface area contributed by atoms with Crippen molar-refractivity contribution in [3.8, 4) is 0 Å². The molecule has 1 aromatic heterocycles. The van der Waals surface area contributed by atoms with Gasteiger partial charge in [0, 0.05) is 12.9 Å². The zero-order valence-corrected chi connectivity index (χ0v) is 9.81. The van der Waals surface area contributed by atoms with Gasteiger partial charge in [0.25, 0.3) is 0 Å². The third-order valence-corrected chi connectivity index (χ3v) is 2.46. The molecule has 92 valence electrons. The van der Waals surface area contributed by atoms with Gasteiger partial charge in [0.05, 0.1) is 17.7 Å². The number of nitro groups is 1. The molecule has 0 unspecified atom stereocenters. The van der Waals surface area contributed by atoms with Crippen molar-refractivity contribution in [3.05, 3.63) is 49.3 Å². The summed E-state index contributed by atoms with van der Waals surface area (Å²) in [6, 6.07) is 0. The standard InChI is InChI=1S/C9H10ClN3O4/c1-6(3-10)4-12-8(14)7(13(16)17)5-11(2)9(12)15/h5H,1,3-4H2,2H3. The Balaban J connectivity index is 3.48. The zero-order chi connectivity index (χ0) is 13.2. The molecule has 0 atom stereocenters. The number of halogens is 1. The van der Waals surface area contributed by atoms with E-state index in [0.717, 1.165) is 15.3 Å². The Kier molecular flexibility index (Phi) is 3.84. The molecule has 7 nitrogen and oxygen atoms in total. The molecular formula is C9H10ClN3O4. The highest BCUT2D eigenvalue weighted by atomic mass is 35.5. The Morgan fingerprint density at radius 1 is 1.59 bits per heavy atom. The first-order valence-corrected chi connectivity index (χ1v) is 5.09. The van der Waals surface area contributed by atoms with E-state index in [2.05, 4.69) is 6.58 Å². The molecular weight excluding hydrogens is 250 g/mol. The molecule has 17 heavy (non-hydrogen) atoms. The van der Waals surface area contributed by atoms with E-state index in [-0.39, 0.29) is 12.4 Å². The van der Waals surface area contributed by atoms with E-state index in [0.29, 0.717) is 5.57 Å². The van der Waals surface area contributed by atoms with Crippen LogP contribution in [0.1, 0.15) is 0 Å². The minimum absolute atomic E-state index is 0.0677. The molecule has 0 spiro atoms. The van der Waals surface area contributed by atoms with Crippen molar-refractivity contribution in [3.63, 3.8) is 0 Å². The van der Waals surface area contributed by atoms with Crippen molar-refractivity contribution in [2.24, 2.45) is 7.05 Å². The van der Waals surface area contributed by atoms with Gasteiger partial charge < -0.3 is 0 Å². The van der Waals surface area contributed by atoms with Gasteiger partial charge in [0.1, 0.15) is 0 Å².